The highest BCUT2D eigenvalue weighted by molar-refractivity contribution is 9.10. The van der Waals surface area contributed by atoms with Crippen LogP contribution in [0, 0.1) is 0 Å². The molecular weight excluding hydrogens is 336 g/mol. The quantitative estimate of drug-likeness (QED) is 0.553. The molecule has 2 heterocycles. The first-order valence-corrected chi connectivity index (χ1v) is 7.00. The smallest absolute Gasteiger partial charge is 0.170 e. The number of nitrogens with two attached hydrogens (primary N) is 1. The number of anilines is 1. The number of benzene rings is 1. The van der Waals surface area contributed by atoms with Crippen LogP contribution in [0.15, 0.2) is 34.9 Å². The number of hydrogen-bond acceptors (Lipinski definition) is 6. The second kappa shape index (κ2) is 5.66. The Bertz CT molecular complexity index is 770. The van der Waals surface area contributed by atoms with Crippen LogP contribution in [-0.4, -0.2) is 19.7 Å². The molecule has 3 N–H and O–H groups in total. The van der Waals surface area contributed by atoms with E-state index in [-0.39, 0.29) is 6.61 Å². The van der Waals surface area contributed by atoms with Crippen molar-refractivity contribution < 1.29 is 4.74 Å². The molecule has 1 aromatic carbocycles. The monoisotopic (exact) mass is 348 g/mol. The number of aromatic nitrogens is 4. The van der Waals surface area contributed by atoms with E-state index in [1.54, 1.807) is 10.9 Å². The van der Waals surface area contributed by atoms with E-state index in [4.69, 9.17) is 10.6 Å². The number of halogens is 1. The molecule has 0 aliphatic heterocycles. The SMILES string of the molecule is Cn1ncc2c(NN)nc(COc3ccc(Br)cc3)nc21. The molecule has 7 nitrogen and oxygen atoms in total. The third kappa shape index (κ3) is 2.81. The standard InChI is InChI=1S/C13H13BrN6O/c1-20-13-10(6-16-20)12(19-15)17-11(18-13)7-21-9-4-2-8(14)3-5-9/h2-6H,7,15H2,1H3,(H,17,18,19). The number of ether oxygens (including phenoxy) is 1. The summed E-state index contributed by atoms with van der Waals surface area (Å²) in [5.74, 6) is 7.30. The first-order valence-electron chi connectivity index (χ1n) is 6.21. The Labute approximate surface area is 129 Å². The van der Waals surface area contributed by atoms with Crippen molar-refractivity contribution in [3.8, 4) is 5.75 Å². The molecule has 108 valence electrons. The van der Waals surface area contributed by atoms with Gasteiger partial charge in [-0.15, -0.1) is 0 Å². The Morgan fingerprint density at radius 2 is 2.05 bits per heavy atom. The van der Waals surface area contributed by atoms with E-state index in [1.165, 1.54) is 0 Å². The van der Waals surface area contributed by atoms with Crippen LogP contribution in [0.3, 0.4) is 0 Å². The van der Waals surface area contributed by atoms with Gasteiger partial charge in [-0.2, -0.15) is 5.10 Å². The lowest BCUT2D eigenvalue weighted by atomic mass is 10.3. The van der Waals surface area contributed by atoms with Crippen molar-refractivity contribution in [1.82, 2.24) is 19.7 Å². The van der Waals surface area contributed by atoms with Crippen LogP contribution in [0.1, 0.15) is 5.82 Å². The summed E-state index contributed by atoms with van der Waals surface area (Å²) < 4.78 is 8.33. The van der Waals surface area contributed by atoms with Gasteiger partial charge in [0.05, 0.1) is 11.6 Å². The van der Waals surface area contributed by atoms with Crippen molar-refractivity contribution in [1.29, 1.82) is 0 Å². The maximum atomic E-state index is 5.67. The van der Waals surface area contributed by atoms with Crippen LogP contribution < -0.4 is 16.0 Å². The number of hydrogen-bond donors (Lipinski definition) is 2. The largest absolute Gasteiger partial charge is 0.486 e. The number of nitrogens with one attached hydrogen (secondary N) is 1. The highest BCUT2D eigenvalue weighted by Crippen LogP contribution is 2.20. The van der Waals surface area contributed by atoms with E-state index in [0.29, 0.717) is 17.3 Å². The molecule has 8 heteroatoms. The Balaban J connectivity index is 1.86. The summed E-state index contributed by atoms with van der Waals surface area (Å²) in [6, 6.07) is 7.56. The van der Waals surface area contributed by atoms with E-state index in [2.05, 4.69) is 36.4 Å². The summed E-state index contributed by atoms with van der Waals surface area (Å²) in [7, 11) is 1.81. The van der Waals surface area contributed by atoms with Gasteiger partial charge in [0.1, 0.15) is 12.4 Å². The molecule has 0 saturated carbocycles. The van der Waals surface area contributed by atoms with Crippen LogP contribution in [0.2, 0.25) is 0 Å². The molecule has 0 unspecified atom stereocenters. The van der Waals surface area contributed by atoms with Gasteiger partial charge in [0.25, 0.3) is 0 Å². The maximum absolute atomic E-state index is 5.67. The summed E-state index contributed by atoms with van der Waals surface area (Å²) in [6.07, 6.45) is 1.67. The average Bonchev–Trinajstić information content (AvgIpc) is 2.87. The van der Waals surface area contributed by atoms with Gasteiger partial charge in [0, 0.05) is 11.5 Å². The molecule has 0 aliphatic carbocycles. The van der Waals surface area contributed by atoms with E-state index in [0.717, 1.165) is 15.6 Å². The molecule has 0 radical (unpaired) electrons. The number of hydrazine groups is 1. The van der Waals surface area contributed by atoms with Crippen molar-refractivity contribution in [2.45, 2.75) is 6.61 Å². The van der Waals surface area contributed by atoms with Crippen molar-refractivity contribution in [3.63, 3.8) is 0 Å². The second-order valence-corrected chi connectivity index (χ2v) is 5.30. The molecule has 0 bridgehead atoms. The lowest BCUT2D eigenvalue weighted by Crippen LogP contribution is -2.12. The van der Waals surface area contributed by atoms with E-state index in [9.17, 15) is 0 Å². The Hall–Kier alpha value is -2.19. The zero-order valence-electron chi connectivity index (χ0n) is 11.2. The molecule has 0 spiro atoms. The highest BCUT2D eigenvalue weighted by atomic mass is 79.9. The fourth-order valence-corrected chi connectivity index (χ4v) is 2.18. The van der Waals surface area contributed by atoms with Crippen molar-refractivity contribution in [3.05, 3.63) is 40.8 Å². The Kier molecular flexibility index (Phi) is 3.72. The van der Waals surface area contributed by atoms with Crippen LogP contribution in [0.25, 0.3) is 11.0 Å². The molecule has 21 heavy (non-hydrogen) atoms. The van der Waals surface area contributed by atoms with Crippen LogP contribution in [-0.2, 0) is 13.7 Å². The maximum Gasteiger partial charge on any atom is 0.170 e. The fraction of sp³-hybridized carbons (Fsp3) is 0.154. The lowest BCUT2D eigenvalue weighted by molar-refractivity contribution is 0.296. The second-order valence-electron chi connectivity index (χ2n) is 4.38. The predicted molar refractivity (Wildman–Crippen MR) is 82.6 cm³/mol. The van der Waals surface area contributed by atoms with Gasteiger partial charge in [-0.05, 0) is 24.3 Å². The van der Waals surface area contributed by atoms with Crippen LogP contribution in [0.5, 0.6) is 5.75 Å². The number of aryl methyl sites for hydroxylation is 1. The molecule has 0 saturated heterocycles. The molecule has 0 fully saturated rings. The molecule has 3 aromatic rings. The first-order chi connectivity index (χ1) is 10.2. The van der Waals surface area contributed by atoms with Crippen molar-refractivity contribution >= 4 is 32.8 Å². The molecule has 0 atom stereocenters. The summed E-state index contributed by atoms with van der Waals surface area (Å²) in [4.78, 5) is 8.77. The van der Waals surface area contributed by atoms with Gasteiger partial charge < -0.3 is 10.2 Å². The molecule has 2 aromatic heterocycles. The highest BCUT2D eigenvalue weighted by Gasteiger charge is 2.11. The Morgan fingerprint density at radius 3 is 2.76 bits per heavy atom. The van der Waals surface area contributed by atoms with Gasteiger partial charge in [-0.25, -0.2) is 15.8 Å². The summed E-state index contributed by atoms with van der Waals surface area (Å²) in [6.45, 7) is 0.247. The topological polar surface area (TPSA) is 90.9 Å². The van der Waals surface area contributed by atoms with Crippen molar-refractivity contribution in [2.75, 3.05) is 5.43 Å². The summed E-state index contributed by atoms with van der Waals surface area (Å²) in [5, 5.41) is 4.92. The van der Waals surface area contributed by atoms with Gasteiger partial charge in [-0.3, -0.25) is 4.68 Å². The van der Waals surface area contributed by atoms with Gasteiger partial charge in [0.15, 0.2) is 17.3 Å². The van der Waals surface area contributed by atoms with E-state index < -0.39 is 0 Å². The normalized spacial score (nSPS) is 10.8. The molecular formula is C13H13BrN6O. The number of fused-ring (bicyclic) bond motifs is 1. The molecule has 3 rings (SSSR count). The van der Waals surface area contributed by atoms with Crippen molar-refractivity contribution in [2.24, 2.45) is 12.9 Å². The Morgan fingerprint density at radius 1 is 1.29 bits per heavy atom. The number of nitrogen functional groups attached to an aromatic ring is 1. The minimum absolute atomic E-state index is 0.247. The van der Waals surface area contributed by atoms with E-state index in [1.807, 2.05) is 31.3 Å². The minimum atomic E-state index is 0.247. The number of rotatable bonds is 4. The van der Waals surface area contributed by atoms with Gasteiger partial charge in [0.2, 0.25) is 0 Å². The van der Waals surface area contributed by atoms with Gasteiger partial charge >= 0.3 is 0 Å². The first kappa shape index (κ1) is 13.8. The lowest BCUT2D eigenvalue weighted by Gasteiger charge is -2.08. The third-order valence-electron chi connectivity index (χ3n) is 2.96. The molecule has 0 aliphatic rings. The predicted octanol–water partition coefficient (Wildman–Crippen LogP) is 1.99. The zero-order valence-corrected chi connectivity index (χ0v) is 12.8. The fourth-order valence-electron chi connectivity index (χ4n) is 1.92. The summed E-state index contributed by atoms with van der Waals surface area (Å²) >= 11 is 3.38. The summed E-state index contributed by atoms with van der Waals surface area (Å²) in [5.41, 5.74) is 3.26. The van der Waals surface area contributed by atoms with Gasteiger partial charge in [-0.1, -0.05) is 15.9 Å². The van der Waals surface area contributed by atoms with Crippen LogP contribution >= 0.6 is 15.9 Å². The van der Waals surface area contributed by atoms with Crippen LogP contribution in [0.4, 0.5) is 5.82 Å². The third-order valence-corrected chi connectivity index (χ3v) is 3.49. The number of nitrogens with zero attached hydrogens (tertiary/aromatic N) is 4. The molecule has 0 amide bonds. The average molecular weight is 349 g/mol. The zero-order chi connectivity index (χ0) is 14.8. The minimum Gasteiger partial charge on any atom is -0.486 e. The van der Waals surface area contributed by atoms with E-state index >= 15 is 0 Å².